The van der Waals surface area contributed by atoms with E-state index in [9.17, 15) is 19.2 Å². The Bertz CT molecular complexity index is 827. The molecule has 4 atom stereocenters. The summed E-state index contributed by atoms with van der Waals surface area (Å²) in [5.74, 6) is -1.38. The lowest BCUT2D eigenvalue weighted by Gasteiger charge is -2.33. The second-order valence-electron chi connectivity index (χ2n) is 9.31. The number of likely N-dealkylation sites (N-methyl/N-ethyl adjacent to an activating group) is 1. The summed E-state index contributed by atoms with van der Waals surface area (Å²) in [4.78, 5) is 52.7. The summed E-state index contributed by atoms with van der Waals surface area (Å²) < 4.78 is 0. The van der Waals surface area contributed by atoms with E-state index in [4.69, 9.17) is 0 Å². The molecule has 0 bridgehead atoms. The minimum Gasteiger partial charge on any atom is -0.345 e. The predicted molar refractivity (Wildman–Crippen MR) is 127 cm³/mol. The second kappa shape index (κ2) is 12.5. The zero-order valence-corrected chi connectivity index (χ0v) is 20.4. The van der Waals surface area contributed by atoms with E-state index in [1.165, 1.54) is 6.92 Å². The fourth-order valence-electron chi connectivity index (χ4n) is 3.93. The van der Waals surface area contributed by atoms with Gasteiger partial charge in [-0.15, -0.1) is 0 Å². The van der Waals surface area contributed by atoms with E-state index in [2.05, 4.69) is 16.0 Å². The average molecular weight is 459 g/mol. The van der Waals surface area contributed by atoms with Crippen LogP contribution < -0.4 is 16.0 Å². The first kappa shape index (κ1) is 26.5. The third-order valence-corrected chi connectivity index (χ3v) is 6.20. The molecule has 0 spiro atoms. The fraction of sp³-hybridized carbons (Fsp3) is 0.600. The van der Waals surface area contributed by atoms with Crippen molar-refractivity contribution in [2.45, 2.75) is 77.5 Å². The van der Waals surface area contributed by atoms with Gasteiger partial charge in [0.2, 0.25) is 17.7 Å². The number of hydrogen-bond acceptors (Lipinski definition) is 5. The maximum Gasteiger partial charge on any atom is 0.243 e. The van der Waals surface area contributed by atoms with Crippen LogP contribution in [0, 0.1) is 5.92 Å². The van der Waals surface area contributed by atoms with Gasteiger partial charge in [0.25, 0.3) is 0 Å². The van der Waals surface area contributed by atoms with Crippen LogP contribution in [0.5, 0.6) is 0 Å². The van der Waals surface area contributed by atoms with Gasteiger partial charge in [-0.2, -0.15) is 0 Å². The molecule has 1 saturated heterocycles. The molecule has 3 amide bonds. The number of amides is 3. The first-order chi connectivity index (χ1) is 15.6. The van der Waals surface area contributed by atoms with Crippen LogP contribution in [0.25, 0.3) is 0 Å². The molecular formula is C25H38N4O4. The highest BCUT2D eigenvalue weighted by Crippen LogP contribution is 2.16. The number of carbonyl (C=O) groups excluding carboxylic acids is 4. The molecule has 1 aliphatic rings. The highest BCUT2D eigenvalue weighted by atomic mass is 16.2. The number of nitrogens with one attached hydrogen (secondary N) is 3. The first-order valence-electron chi connectivity index (χ1n) is 11.8. The van der Waals surface area contributed by atoms with Crippen molar-refractivity contribution in [3.05, 3.63) is 35.9 Å². The lowest BCUT2D eigenvalue weighted by molar-refractivity contribution is -0.135. The van der Waals surface area contributed by atoms with Crippen molar-refractivity contribution in [2.75, 3.05) is 13.6 Å². The van der Waals surface area contributed by atoms with E-state index in [0.29, 0.717) is 6.42 Å². The van der Waals surface area contributed by atoms with E-state index in [-0.39, 0.29) is 23.7 Å². The molecule has 33 heavy (non-hydrogen) atoms. The van der Waals surface area contributed by atoms with Crippen LogP contribution >= 0.6 is 0 Å². The Hall–Kier alpha value is -2.74. The Morgan fingerprint density at radius 2 is 1.64 bits per heavy atom. The molecule has 1 aliphatic heterocycles. The third-order valence-electron chi connectivity index (χ3n) is 6.20. The quantitative estimate of drug-likeness (QED) is 0.492. The number of carbonyl (C=O) groups is 4. The van der Waals surface area contributed by atoms with E-state index < -0.39 is 29.9 Å². The fourth-order valence-corrected chi connectivity index (χ4v) is 3.93. The lowest BCUT2D eigenvalue weighted by Crippen LogP contribution is -2.59. The van der Waals surface area contributed by atoms with Crippen LogP contribution in [0.3, 0.4) is 0 Å². The summed E-state index contributed by atoms with van der Waals surface area (Å²) in [7, 11) is 1.92. The van der Waals surface area contributed by atoms with Gasteiger partial charge >= 0.3 is 0 Å². The number of Topliss-reactive ketones (excluding diaryl/α,β-unsaturated/α-hetero) is 1. The monoisotopic (exact) mass is 458 g/mol. The van der Waals surface area contributed by atoms with Gasteiger partial charge in [0.15, 0.2) is 5.78 Å². The van der Waals surface area contributed by atoms with Crippen molar-refractivity contribution < 1.29 is 19.2 Å². The van der Waals surface area contributed by atoms with Gasteiger partial charge in [0.05, 0.1) is 12.1 Å². The van der Waals surface area contributed by atoms with Gasteiger partial charge in [0, 0.05) is 6.42 Å². The van der Waals surface area contributed by atoms with Gasteiger partial charge < -0.3 is 16.0 Å². The Balaban J connectivity index is 2.17. The number of piperidine rings is 1. The van der Waals surface area contributed by atoms with Gasteiger partial charge in [-0.05, 0) is 51.8 Å². The zero-order chi connectivity index (χ0) is 24.5. The van der Waals surface area contributed by atoms with E-state index >= 15 is 0 Å². The summed E-state index contributed by atoms with van der Waals surface area (Å²) in [6.45, 7) is 7.51. The molecule has 8 nitrogen and oxygen atoms in total. The predicted octanol–water partition coefficient (Wildman–Crippen LogP) is 1.43. The minimum absolute atomic E-state index is 0.164. The zero-order valence-electron chi connectivity index (χ0n) is 20.4. The van der Waals surface area contributed by atoms with Crippen molar-refractivity contribution >= 4 is 23.5 Å². The molecule has 1 fully saturated rings. The molecule has 2 rings (SSSR count). The summed E-state index contributed by atoms with van der Waals surface area (Å²) >= 11 is 0. The molecule has 0 aliphatic carbocycles. The summed E-state index contributed by atoms with van der Waals surface area (Å²) in [6, 6.07) is 6.90. The standard InChI is InChI=1S/C25H38N4O4/c1-16(2)22(25(33)26-17(3)18(4)30)28-23(31)20(15-19-11-7-6-8-12-19)27-24(32)21-13-9-10-14-29(21)5/h6-8,11-12,16-17,20-22H,9-10,13-15H2,1-5H3,(H,26,33)(H,27,32)(H,28,31). The molecule has 8 heteroatoms. The largest absolute Gasteiger partial charge is 0.345 e. The molecule has 1 heterocycles. The molecule has 0 aromatic heterocycles. The van der Waals surface area contributed by atoms with Crippen LogP contribution in [-0.4, -0.2) is 66.2 Å². The van der Waals surface area contributed by atoms with Crippen molar-refractivity contribution in [1.29, 1.82) is 0 Å². The van der Waals surface area contributed by atoms with Gasteiger partial charge in [0.1, 0.15) is 12.1 Å². The third kappa shape index (κ3) is 7.96. The highest BCUT2D eigenvalue weighted by molar-refractivity contribution is 5.94. The van der Waals surface area contributed by atoms with Crippen LogP contribution in [0.1, 0.15) is 52.5 Å². The molecule has 182 valence electrons. The number of ketones is 1. The van der Waals surface area contributed by atoms with E-state index in [1.54, 1.807) is 6.92 Å². The first-order valence-corrected chi connectivity index (χ1v) is 11.8. The number of benzene rings is 1. The van der Waals surface area contributed by atoms with Crippen molar-refractivity contribution in [3.8, 4) is 0 Å². The maximum atomic E-state index is 13.3. The molecular weight excluding hydrogens is 420 g/mol. The van der Waals surface area contributed by atoms with Crippen LogP contribution in [0.15, 0.2) is 30.3 Å². The molecule has 4 unspecified atom stereocenters. The number of likely N-dealkylation sites (tertiary alicyclic amines) is 1. The van der Waals surface area contributed by atoms with Gasteiger partial charge in [-0.25, -0.2) is 0 Å². The second-order valence-corrected chi connectivity index (χ2v) is 9.31. The molecule has 1 aromatic rings. The molecule has 1 aromatic carbocycles. The van der Waals surface area contributed by atoms with Gasteiger partial charge in [-0.3, -0.25) is 24.1 Å². The van der Waals surface area contributed by atoms with Crippen molar-refractivity contribution in [2.24, 2.45) is 5.92 Å². The topological polar surface area (TPSA) is 108 Å². The lowest BCUT2D eigenvalue weighted by atomic mass is 9.99. The highest BCUT2D eigenvalue weighted by Gasteiger charge is 2.32. The van der Waals surface area contributed by atoms with E-state index in [1.807, 2.05) is 56.1 Å². The summed E-state index contributed by atoms with van der Waals surface area (Å²) in [5.41, 5.74) is 0.908. The summed E-state index contributed by atoms with van der Waals surface area (Å²) in [6.07, 6.45) is 3.09. The SMILES string of the molecule is CC(=O)C(C)NC(=O)C(NC(=O)C(Cc1ccccc1)NC(=O)C1CCCCN1C)C(C)C. The van der Waals surface area contributed by atoms with Gasteiger partial charge in [-0.1, -0.05) is 50.6 Å². The summed E-state index contributed by atoms with van der Waals surface area (Å²) in [5, 5.41) is 8.39. The molecule has 0 saturated carbocycles. The Morgan fingerprint density at radius 1 is 0.970 bits per heavy atom. The number of hydrogen-bond donors (Lipinski definition) is 3. The van der Waals surface area contributed by atoms with Crippen LogP contribution in [0.2, 0.25) is 0 Å². The van der Waals surface area contributed by atoms with Crippen LogP contribution in [0.4, 0.5) is 0 Å². The molecule has 3 N–H and O–H groups in total. The van der Waals surface area contributed by atoms with Crippen molar-refractivity contribution in [1.82, 2.24) is 20.9 Å². The average Bonchev–Trinajstić information content (AvgIpc) is 2.77. The minimum atomic E-state index is -0.827. The smallest absolute Gasteiger partial charge is 0.243 e. The number of rotatable bonds is 10. The Morgan fingerprint density at radius 3 is 2.21 bits per heavy atom. The van der Waals surface area contributed by atoms with E-state index in [0.717, 1.165) is 31.4 Å². The van der Waals surface area contributed by atoms with Crippen LogP contribution in [-0.2, 0) is 25.6 Å². The molecule has 0 radical (unpaired) electrons. The number of nitrogens with zero attached hydrogens (tertiary/aromatic N) is 1. The van der Waals surface area contributed by atoms with Crippen molar-refractivity contribution in [3.63, 3.8) is 0 Å². The normalized spacial score (nSPS) is 19.3. The Labute approximate surface area is 196 Å². The Kier molecular flexibility index (Phi) is 10.0. The maximum absolute atomic E-state index is 13.3.